The summed E-state index contributed by atoms with van der Waals surface area (Å²) in [5.74, 6) is 0.182. The van der Waals surface area contributed by atoms with Gasteiger partial charge in [0.2, 0.25) is 0 Å². The van der Waals surface area contributed by atoms with Gasteiger partial charge in [-0.15, -0.1) is 10.2 Å². The predicted octanol–water partition coefficient (Wildman–Crippen LogP) is 3.02. The third kappa shape index (κ3) is 3.47. The number of nitrogens with zero attached hydrogens (tertiary/aromatic N) is 5. The lowest BCUT2D eigenvalue weighted by molar-refractivity contribution is -0.137. The third-order valence-corrected chi connectivity index (χ3v) is 4.86. The number of hydrogen-bond acceptors (Lipinski definition) is 6. The molecule has 0 radical (unpaired) electrons. The van der Waals surface area contributed by atoms with Crippen LogP contribution in [0.5, 0.6) is 5.75 Å². The molecule has 1 saturated heterocycles. The first-order chi connectivity index (χ1) is 13.3. The average Bonchev–Trinajstić information content (AvgIpc) is 3.12. The summed E-state index contributed by atoms with van der Waals surface area (Å²) in [5.41, 5.74) is -0.172. The maximum absolute atomic E-state index is 12.8. The zero-order valence-corrected chi connectivity index (χ0v) is 15.1. The summed E-state index contributed by atoms with van der Waals surface area (Å²) in [5, 5.41) is 26.0. The van der Waals surface area contributed by atoms with Crippen molar-refractivity contribution < 1.29 is 18.3 Å². The van der Waals surface area contributed by atoms with E-state index < -0.39 is 17.5 Å². The van der Waals surface area contributed by atoms with Crippen LogP contribution in [0.3, 0.4) is 0 Å². The number of rotatable bonds is 3. The van der Waals surface area contributed by atoms with Gasteiger partial charge < -0.3 is 15.3 Å². The van der Waals surface area contributed by atoms with Crippen molar-refractivity contribution in [1.29, 1.82) is 0 Å². The Labute approximate surface area is 158 Å². The quantitative estimate of drug-likeness (QED) is 0.714. The highest BCUT2D eigenvalue weighted by atomic mass is 19.4. The zero-order chi connectivity index (χ0) is 19.9. The zero-order valence-electron chi connectivity index (χ0n) is 15.1. The van der Waals surface area contributed by atoms with Crippen LogP contribution in [0.4, 0.5) is 19.0 Å². The fourth-order valence-corrected chi connectivity index (χ4v) is 3.49. The minimum Gasteiger partial charge on any atom is -0.507 e. The van der Waals surface area contributed by atoms with E-state index in [2.05, 4.69) is 32.6 Å². The van der Waals surface area contributed by atoms with E-state index in [9.17, 15) is 18.3 Å². The van der Waals surface area contributed by atoms with E-state index in [0.717, 1.165) is 32.0 Å². The van der Waals surface area contributed by atoms with Crippen LogP contribution in [0, 0.1) is 0 Å². The van der Waals surface area contributed by atoms with Crippen molar-refractivity contribution in [3.05, 3.63) is 36.0 Å². The summed E-state index contributed by atoms with van der Waals surface area (Å²) in [4.78, 5) is 2.23. The molecule has 1 aromatic carbocycles. The van der Waals surface area contributed by atoms with Crippen LogP contribution < -0.4 is 5.32 Å². The van der Waals surface area contributed by atoms with Gasteiger partial charge in [-0.1, -0.05) is 0 Å². The lowest BCUT2D eigenvalue weighted by atomic mass is 10.1. The van der Waals surface area contributed by atoms with E-state index in [4.69, 9.17) is 0 Å². The molecule has 0 spiro atoms. The van der Waals surface area contributed by atoms with E-state index in [1.807, 2.05) is 0 Å². The summed E-state index contributed by atoms with van der Waals surface area (Å²) in [6.07, 6.45) is -0.895. The Kier molecular flexibility index (Phi) is 4.58. The highest BCUT2D eigenvalue weighted by Crippen LogP contribution is 2.36. The SMILES string of the molecule is CN1CCC[C@@H](Nc2nnc(-c3ccc(C(F)(F)F)cc3O)n3nccc23)C1. The number of fused-ring (bicyclic) bond motifs is 1. The molecule has 1 aliphatic heterocycles. The number of benzene rings is 1. The first kappa shape index (κ1) is 18.5. The minimum absolute atomic E-state index is 0.123. The molecule has 28 heavy (non-hydrogen) atoms. The molecule has 2 aromatic heterocycles. The van der Waals surface area contributed by atoms with E-state index in [1.54, 1.807) is 12.3 Å². The Morgan fingerprint density at radius 3 is 2.75 bits per heavy atom. The molecule has 1 atom stereocenters. The van der Waals surface area contributed by atoms with Gasteiger partial charge in [0.15, 0.2) is 11.6 Å². The largest absolute Gasteiger partial charge is 0.507 e. The molecule has 0 unspecified atom stereocenters. The molecule has 0 bridgehead atoms. The topological polar surface area (TPSA) is 78.6 Å². The molecule has 0 amide bonds. The van der Waals surface area contributed by atoms with Crippen molar-refractivity contribution in [3.63, 3.8) is 0 Å². The van der Waals surface area contributed by atoms with E-state index in [-0.39, 0.29) is 17.4 Å². The van der Waals surface area contributed by atoms with Gasteiger partial charge >= 0.3 is 6.18 Å². The Bertz CT molecular complexity index is 1000. The molecule has 0 saturated carbocycles. The monoisotopic (exact) mass is 392 g/mol. The molecule has 148 valence electrons. The average molecular weight is 392 g/mol. The smallest absolute Gasteiger partial charge is 0.416 e. The molecule has 2 N–H and O–H groups in total. The normalized spacial score (nSPS) is 18.5. The summed E-state index contributed by atoms with van der Waals surface area (Å²) < 4.78 is 40.0. The fraction of sp³-hybridized carbons (Fsp3) is 0.389. The second-order valence-electron chi connectivity index (χ2n) is 6.98. The molecule has 3 heterocycles. The number of hydrogen-bond donors (Lipinski definition) is 2. The highest BCUT2D eigenvalue weighted by molar-refractivity contribution is 5.73. The van der Waals surface area contributed by atoms with Crippen molar-refractivity contribution in [3.8, 4) is 17.1 Å². The third-order valence-electron chi connectivity index (χ3n) is 4.86. The molecule has 4 rings (SSSR count). The molecule has 1 aliphatic rings. The number of anilines is 1. The Balaban J connectivity index is 1.70. The number of alkyl halides is 3. The number of aromatic nitrogens is 4. The first-order valence-corrected chi connectivity index (χ1v) is 8.89. The van der Waals surface area contributed by atoms with Crippen LogP contribution in [0.1, 0.15) is 18.4 Å². The second-order valence-corrected chi connectivity index (χ2v) is 6.98. The molecule has 0 aliphatic carbocycles. The van der Waals surface area contributed by atoms with Gasteiger partial charge in [-0.3, -0.25) is 0 Å². The fourth-order valence-electron chi connectivity index (χ4n) is 3.49. The standard InChI is InChI=1S/C18H19F3N6O/c1-26-8-2-3-12(10-26)23-16-14-6-7-22-27(14)17(25-24-16)13-5-4-11(9-15(13)28)18(19,20)21/h4-7,9,12,28H,2-3,8,10H2,1H3,(H,23,24)/t12-/m1/s1. The number of phenolic OH excluding ortho intramolecular Hbond substituents is 1. The summed E-state index contributed by atoms with van der Waals surface area (Å²) in [6, 6.07) is 4.71. The van der Waals surface area contributed by atoms with E-state index in [1.165, 1.54) is 10.6 Å². The van der Waals surface area contributed by atoms with Gasteiger partial charge in [-0.25, -0.2) is 4.52 Å². The Morgan fingerprint density at radius 1 is 1.21 bits per heavy atom. The minimum atomic E-state index is -4.54. The lowest BCUT2D eigenvalue weighted by Crippen LogP contribution is -2.40. The molecular formula is C18H19F3N6O. The molecule has 10 heteroatoms. The van der Waals surface area contributed by atoms with Crippen molar-refractivity contribution in [2.45, 2.75) is 25.1 Å². The number of nitrogens with one attached hydrogen (secondary N) is 1. The number of phenols is 1. The Hall–Kier alpha value is -2.88. The molecule has 3 aromatic rings. The molecule has 1 fully saturated rings. The summed E-state index contributed by atoms with van der Waals surface area (Å²) in [7, 11) is 2.06. The van der Waals surface area contributed by atoms with Crippen LogP contribution in [0.25, 0.3) is 16.9 Å². The lowest BCUT2D eigenvalue weighted by Gasteiger charge is -2.30. The van der Waals surface area contributed by atoms with Crippen molar-refractivity contribution in [1.82, 2.24) is 24.7 Å². The Morgan fingerprint density at radius 2 is 2.04 bits per heavy atom. The summed E-state index contributed by atoms with van der Waals surface area (Å²) >= 11 is 0. The number of aromatic hydroxyl groups is 1. The van der Waals surface area contributed by atoms with Crippen LogP contribution in [0.2, 0.25) is 0 Å². The van der Waals surface area contributed by atoms with Gasteiger partial charge in [0, 0.05) is 12.6 Å². The van der Waals surface area contributed by atoms with Gasteiger partial charge in [0.1, 0.15) is 11.3 Å². The van der Waals surface area contributed by atoms with Crippen molar-refractivity contribution in [2.24, 2.45) is 0 Å². The van der Waals surface area contributed by atoms with E-state index in [0.29, 0.717) is 17.4 Å². The molecular weight excluding hydrogens is 373 g/mol. The predicted molar refractivity (Wildman–Crippen MR) is 97.0 cm³/mol. The highest BCUT2D eigenvalue weighted by Gasteiger charge is 2.31. The van der Waals surface area contributed by atoms with Gasteiger partial charge in [0.25, 0.3) is 0 Å². The van der Waals surface area contributed by atoms with Crippen molar-refractivity contribution >= 4 is 11.3 Å². The van der Waals surface area contributed by atoms with Crippen LogP contribution in [-0.2, 0) is 6.18 Å². The maximum Gasteiger partial charge on any atom is 0.416 e. The summed E-state index contributed by atoms with van der Waals surface area (Å²) in [6.45, 7) is 1.93. The number of halogens is 3. The van der Waals surface area contributed by atoms with Crippen LogP contribution >= 0.6 is 0 Å². The number of likely N-dealkylation sites (N-methyl/N-ethyl adjacent to an activating group) is 1. The van der Waals surface area contributed by atoms with Gasteiger partial charge in [-0.2, -0.15) is 18.3 Å². The number of piperidine rings is 1. The van der Waals surface area contributed by atoms with Crippen molar-refractivity contribution in [2.75, 3.05) is 25.5 Å². The van der Waals surface area contributed by atoms with E-state index >= 15 is 0 Å². The molecule has 7 nitrogen and oxygen atoms in total. The maximum atomic E-state index is 12.8. The first-order valence-electron chi connectivity index (χ1n) is 8.89. The van der Waals surface area contributed by atoms with Gasteiger partial charge in [-0.05, 0) is 50.7 Å². The van der Waals surface area contributed by atoms with Crippen LogP contribution in [0.15, 0.2) is 30.5 Å². The van der Waals surface area contributed by atoms with Gasteiger partial charge in [0.05, 0.1) is 17.3 Å². The number of likely N-dealkylation sites (tertiary alicyclic amines) is 1. The second kappa shape index (κ2) is 6.93. The van der Waals surface area contributed by atoms with Crippen LogP contribution in [-0.4, -0.2) is 56.0 Å².